The quantitative estimate of drug-likeness (QED) is 0.125. The Balaban J connectivity index is 1.56. The van der Waals surface area contributed by atoms with Crippen LogP contribution in [0.1, 0.15) is 51.0 Å². The van der Waals surface area contributed by atoms with Crippen LogP contribution in [-0.2, 0) is 4.79 Å². The molecule has 0 aliphatic rings. The second-order valence-corrected chi connectivity index (χ2v) is 7.72. The van der Waals surface area contributed by atoms with Crippen molar-refractivity contribution in [1.29, 1.82) is 0 Å². The van der Waals surface area contributed by atoms with Crippen molar-refractivity contribution in [3.63, 3.8) is 0 Å². The molecule has 0 unspecified atom stereocenters. The molecule has 172 valence electrons. The number of para-hydroxylation sites is 1. The van der Waals surface area contributed by atoms with E-state index in [0.29, 0.717) is 17.9 Å². The predicted octanol–water partition coefficient (Wildman–Crippen LogP) is 7.50. The average Bonchev–Trinajstić information content (AvgIpc) is 2.85. The number of rotatable bonds is 12. The van der Waals surface area contributed by atoms with Gasteiger partial charge >= 0.3 is 5.97 Å². The molecule has 0 saturated carbocycles. The van der Waals surface area contributed by atoms with Gasteiger partial charge in [-0.1, -0.05) is 50.8 Å². The van der Waals surface area contributed by atoms with Gasteiger partial charge in [0.15, 0.2) is 11.5 Å². The first-order chi connectivity index (χ1) is 16.2. The summed E-state index contributed by atoms with van der Waals surface area (Å²) in [5.74, 6) is 2.24. The summed E-state index contributed by atoms with van der Waals surface area (Å²) in [7, 11) is 1.56. The van der Waals surface area contributed by atoms with Crippen molar-refractivity contribution < 1.29 is 19.0 Å². The standard InChI is InChI=1S/C28H31NO4/c1-3-4-5-6-10-13-28(30)33-26-19-14-22(20-27(26)31-2)21-29-23-15-17-25(18-16-23)32-24-11-8-7-9-12-24/h7-9,11-12,14-21H,3-6,10,13H2,1-2H3. The van der Waals surface area contributed by atoms with E-state index in [2.05, 4.69) is 11.9 Å². The van der Waals surface area contributed by atoms with Crippen LogP contribution in [0.15, 0.2) is 77.8 Å². The maximum Gasteiger partial charge on any atom is 0.311 e. The van der Waals surface area contributed by atoms with Crippen LogP contribution in [0.5, 0.6) is 23.0 Å². The lowest BCUT2D eigenvalue weighted by Crippen LogP contribution is -2.08. The summed E-state index contributed by atoms with van der Waals surface area (Å²) in [6.45, 7) is 2.17. The second-order valence-electron chi connectivity index (χ2n) is 7.72. The zero-order valence-electron chi connectivity index (χ0n) is 19.3. The van der Waals surface area contributed by atoms with Gasteiger partial charge in [-0.05, 0) is 66.6 Å². The molecule has 33 heavy (non-hydrogen) atoms. The van der Waals surface area contributed by atoms with E-state index in [1.807, 2.05) is 60.7 Å². The number of carbonyl (C=O) groups excluding carboxylic acids is 1. The van der Waals surface area contributed by atoms with Crippen LogP contribution in [0.25, 0.3) is 0 Å². The lowest BCUT2D eigenvalue weighted by Gasteiger charge is -2.10. The monoisotopic (exact) mass is 445 g/mol. The molecule has 0 saturated heterocycles. The molecule has 0 amide bonds. The number of hydrogen-bond donors (Lipinski definition) is 0. The molecule has 0 N–H and O–H groups in total. The first-order valence-electron chi connectivity index (χ1n) is 11.4. The predicted molar refractivity (Wildman–Crippen MR) is 132 cm³/mol. The molecule has 3 rings (SSSR count). The molecule has 0 aliphatic carbocycles. The number of aliphatic imine (C=N–C) groups is 1. The van der Waals surface area contributed by atoms with Crippen LogP contribution in [0.4, 0.5) is 5.69 Å². The lowest BCUT2D eigenvalue weighted by molar-refractivity contribution is -0.134. The first-order valence-corrected chi connectivity index (χ1v) is 11.4. The highest BCUT2D eigenvalue weighted by Crippen LogP contribution is 2.29. The second kappa shape index (κ2) is 13.1. The summed E-state index contributed by atoms with van der Waals surface area (Å²) in [6.07, 6.45) is 7.61. The molecule has 0 atom stereocenters. The number of benzene rings is 3. The summed E-state index contributed by atoms with van der Waals surface area (Å²) >= 11 is 0. The topological polar surface area (TPSA) is 57.1 Å². The van der Waals surface area contributed by atoms with Crippen LogP contribution >= 0.6 is 0 Å². The highest BCUT2D eigenvalue weighted by Gasteiger charge is 2.10. The molecule has 5 nitrogen and oxygen atoms in total. The van der Waals surface area contributed by atoms with E-state index in [1.165, 1.54) is 12.8 Å². The van der Waals surface area contributed by atoms with E-state index in [0.717, 1.165) is 42.0 Å². The third-order valence-corrected chi connectivity index (χ3v) is 5.07. The molecule has 0 aromatic heterocycles. The summed E-state index contributed by atoms with van der Waals surface area (Å²) in [6, 6.07) is 22.6. The van der Waals surface area contributed by atoms with E-state index >= 15 is 0 Å². The van der Waals surface area contributed by atoms with Crippen LogP contribution in [-0.4, -0.2) is 19.3 Å². The molecule has 0 fully saturated rings. The zero-order chi connectivity index (χ0) is 23.3. The fourth-order valence-corrected chi connectivity index (χ4v) is 3.27. The minimum Gasteiger partial charge on any atom is -0.493 e. The number of methoxy groups -OCH3 is 1. The van der Waals surface area contributed by atoms with Crippen LogP contribution in [0, 0.1) is 0 Å². The third kappa shape index (κ3) is 8.11. The molecule has 3 aromatic rings. The summed E-state index contributed by atoms with van der Waals surface area (Å²) < 4.78 is 16.7. The Bertz CT molecular complexity index is 1030. The number of unbranched alkanes of at least 4 members (excludes halogenated alkanes) is 4. The largest absolute Gasteiger partial charge is 0.493 e. The number of hydrogen-bond acceptors (Lipinski definition) is 5. The summed E-state index contributed by atoms with van der Waals surface area (Å²) in [5, 5.41) is 0. The van der Waals surface area contributed by atoms with E-state index in [4.69, 9.17) is 14.2 Å². The minimum absolute atomic E-state index is 0.232. The Morgan fingerprint density at radius 3 is 2.30 bits per heavy atom. The minimum atomic E-state index is -0.232. The fraction of sp³-hybridized carbons (Fsp3) is 0.286. The van der Waals surface area contributed by atoms with Crippen molar-refractivity contribution in [2.75, 3.05) is 7.11 Å². The number of ether oxygens (including phenoxy) is 3. The number of carbonyl (C=O) groups is 1. The maximum atomic E-state index is 12.1. The third-order valence-electron chi connectivity index (χ3n) is 5.07. The molecule has 3 aromatic carbocycles. The Hall–Kier alpha value is -3.60. The zero-order valence-corrected chi connectivity index (χ0v) is 19.3. The van der Waals surface area contributed by atoms with Crippen molar-refractivity contribution >= 4 is 17.9 Å². The van der Waals surface area contributed by atoms with Gasteiger partial charge in [0, 0.05) is 12.6 Å². The normalized spacial score (nSPS) is 10.8. The van der Waals surface area contributed by atoms with Gasteiger partial charge in [-0.25, -0.2) is 0 Å². The van der Waals surface area contributed by atoms with Crippen molar-refractivity contribution in [3.8, 4) is 23.0 Å². The molecule has 0 heterocycles. The van der Waals surface area contributed by atoms with Gasteiger partial charge in [0.25, 0.3) is 0 Å². The SMILES string of the molecule is CCCCCCCC(=O)Oc1ccc(C=Nc2ccc(Oc3ccccc3)cc2)cc1OC. The Morgan fingerprint density at radius 1 is 0.848 bits per heavy atom. The van der Waals surface area contributed by atoms with Gasteiger partial charge in [0.05, 0.1) is 12.8 Å². The van der Waals surface area contributed by atoms with E-state index in [1.54, 1.807) is 25.5 Å². The van der Waals surface area contributed by atoms with Crippen molar-refractivity contribution in [3.05, 3.63) is 78.4 Å². The highest BCUT2D eigenvalue weighted by molar-refractivity contribution is 5.83. The van der Waals surface area contributed by atoms with E-state index in [-0.39, 0.29) is 5.97 Å². The molecule has 0 bridgehead atoms. The molecule has 0 aliphatic heterocycles. The van der Waals surface area contributed by atoms with Gasteiger partial charge in [-0.2, -0.15) is 0 Å². The summed E-state index contributed by atoms with van der Waals surface area (Å²) in [5.41, 5.74) is 1.64. The van der Waals surface area contributed by atoms with Crippen LogP contribution in [0.3, 0.4) is 0 Å². The van der Waals surface area contributed by atoms with Gasteiger partial charge in [0.1, 0.15) is 11.5 Å². The van der Waals surface area contributed by atoms with Gasteiger partial charge in [0.2, 0.25) is 0 Å². The summed E-state index contributed by atoms with van der Waals surface area (Å²) in [4.78, 5) is 16.6. The lowest BCUT2D eigenvalue weighted by atomic mass is 10.1. The van der Waals surface area contributed by atoms with Crippen molar-refractivity contribution in [2.45, 2.75) is 45.4 Å². The molecule has 0 radical (unpaired) electrons. The van der Waals surface area contributed by atoms with Crippen molar-refractivity contribution in [2.24, 2.45) is 4.99 Å². The number of esters is 1. The molecular formula is C28H31NO4. The number of nitrogens with zero attached hydrogens (tertiary/aromatic N) is 1. The van der Waals surface area contributed by atoms with Gasteiger partial charge in [-0.3, -0.25) is 9.79 Å². The van der Waals surface area contributed by atoms with Crippen molar-refractivity contribution in [1.82, 2.24) is 0 Å². The van der Waals surface area contributed by atoms with E-state index in [9.17, 15) is 4.79 Å². The average molecular weight is 446 g/mol. The molecule has 5 heteroatoms. The van der Waals surface area contributed by atoms with Crippen LogP contribution < -0.4 is 14.2 Å². The smallest absolute Gasteiger partial charge is 0.311 e. The fourth-order valence-electron chi connectivity index (χ4n) is 3.27. The maximum absolute atomic E-state index is 12.1. The highest BCUT2D eigenvalue weighted by atomic mass is 16.6. The molecular weight excluding hydrogens is 414 g/mol. The Kier molecular flexibility index (Phi) is 9.52. The molecule has 0 spiro atoms. The van der Waals surface area contributed by atoms with E-state index < -0.39 is 0 Å². The van der Waals surface area contributed by atoms with Gasteiger partial charge in [-0.15, -0.1) is 0 Å². The Labute approximate surface area is 196 Å². The Morgan fingerprint density at radius 2 is 1.58 bits per heavy atom. The first kappa shape index (κ1) is 24.1. The van der Waals surface area contributed by atoms with Gasteiger partial charge < -0.3 is 14.2 Å². The van der Waals surface area contributed by atoms with Crippen LogP contribution in [0.2, 0.25) is 0 Å².